The number of methoxy groups -OCH3 is 1. The molecular formula is C16H14Cl2N2O2. The summed E-state index contributed by atoms with van der Waals surface area (Å²) in [4.78, 5) is 12.2. The first-order valence-corrected chi connectivity index (χ1v) is 7.38. The second-order valence-electron chi connectivity index (χ2n) is 4.34. The minimum absolute atomic E-state index is 0.161. The number of nitrogens with zero attached hydrogens (tertiary/aromatic N) is 1. The van der Waals surface area contributed by atoms with Crippen LogP contribution in [0.5, 0.6) is 5.75 Å². The number of ether oxygens (including phenoxy) is 1. The molecule has 6 heteroatoms. The highest BCUT2D eigenvalue weighted by Crippen LogP contribution is 2.17. The topological polar surface area (TPSA) is 50.7 Å². The summed E-state index contributed by atoms with van der Waals surface area (Å²) < 4.78 is 5.15. The Morgan fingerprint density at radius 3 is 2.50 bits per heavy atom. The second kappa shape index (κ2) is 7.82. The lowest BCUT2D eigenvalue weighted by Gasteiger charge is -2.08. The molecular weight excluding hydrogens is 323 g/mol. The minimum Gasteiger partial charge on any atom is -0.496 e. The van der Waals surface area contributed by atoms with E-state index in [1.165, 1.54) is 7.11 Å². The van der Waals surface area contributed by atoms with Crippen molar-refractivity contribution in [3.63, 3.8) is 0 Å². The van der Waals surface area contributed by atoms with Crippen LogP contribution in [0.15, 0.2) is 53.6 Å². The summed E-state index contributed by atoms with van der Waals surface area (Å²) in [5, 5.41) is 4.70. The van der Waals surface area contributed by atoms with E-state index in [9.17, 15) is 4.79 Å². The maximum Gasteiger partial charge on any atom is 0.275 e. The Kier molecular flexibility index (Phi) is 5.81. The highest BCUT2D eigenvalue weighted by Gasteiger charge is 2.11. The van der Waals surface area contributed by atoms with Gasteiger partial charge >= 0.3 is 0 Å². The Morgan fingerprint density at radius 1 is 1.18 bits per heavy atom. The minimum atomic E-state index is -0.367. The largest absolute Gasteiger partial charge is 0.496 e. The zero-order chi connectivity index (χ0) is 15.9. The molecule has 0 fully saturated rings. The van der Waals surface area contributed by atoms with Crippen LogP contribution in [0.25, 0.3) is 0 Å². The Morgan fingerprint density at radius 2 is 1.86 bits per heavy atom. The molecule has 0 saturated carbocycles. The first-order chi connectivity index (χ1) is 10.7. The summed E-state index contributed by atoms with van der Waals surface area (Å²) in [5.74, 6) is 0.275. The molecule has 0 aromatic heterocycles. The van der Waals surface area contributed by atoms with Crippen molar-refractivity contribution < 1.29 is 9.53 Å². The van der Waals surface area contributed by atoms with Gasteiger partial charge in [0.05, 0.1) is 24.3 Å². The number of rotatable bonds is 5. The number of amides is 1. The molecule has 1 amide bonds. The van der Waals surface area contributed by atoms with Crippen molar-refractivity contribution in [3.05, 3.63) is 64.7 Å². The molecule has 0 atom stereocenters. The molecule has 1 N–H and O–H groups in total. The van der Waals surface area contributed by atoms with Gasteiger partial charge in [0.15, 0.2) is 0 Å². The number of carbonyl (C=O) groups is 1. The maximum atomic E-state index is 12.2. The molecule has 4 nitrogen and oxygen atoms in total. The van der Waals surface area contributed by atoms with Gasteiger partial charge < -0.3 is 4.74 Å². The number of hydrogen-bond donors (Lipinski definition) is 1. The Bertz CT molecular complexity index is 685. The molecule has 0 radical (unpaired) electrons. The van der Waals surface area contributed by atoms with Crippen LogP contribution in [0.3, 0.4) is 0 Å². The molecule has 0 heterocycles. The van der Waals surface area contributed by atoms with E-state index < -0.39 is 0 Å². The van der Waals surface area contributed by atoms with E-state index in [0.29, 0.717) is 22.0 Å². The van der Waals surface area contributed by atoms with Gasteiger partial charge in [0.2, 0.25) is 0 Å². The van der Waals surface area contributed by atoms with Crippen LogP contribution in [0.2, 0.25) is 5.02 Å². The van der Waals surface area contributed by atoms with Gasteiger partial charge in [0.25, 0.3) is 5.91 Å². The molecule has 2 aromatic rings. The molecule has 0 saturated heterocycles. The highest BCUT2D eigenvalue weighted by atomic mass is 35.5. The van der Waals surface area contributed by atoms with Gasteiger partial charge in [-0.3, -0.25) is 4.79 Å². The summed E-state index contributed by atoms with van der Waals surface area (Å²) >= 11 is 11.7. The van der Waals surface area contributed by atoms with E-state index in [4.69, 9.17) is 27.9 Å². The summed E-state index contributed by atoms with van der Waals surface area (Å²) in [6.07, 6.45) is 0. The van der Waals surface area contributed by atoms with E-state index in [1.807, 2.05) is 0 Å². The third-order valence-electron chi connectivity index (χ3n) is 2.95. The Labute approximate surface area is 138 Å². The average Bonchev–Trinajstić information content (AvgIpc) is 2.56. The lowest BCUT2D eigenvalue weighted by molar-refractivity contribution is 0.0952. The molecule has 114 valence electrons. The molecule has 2 rings (SSSR count). The van der Waals surface area contributed by atoms with Crippen LogP contribution in [0, 0.1) is 0 Å². The molecule has 0 spiro atoms. The van der Waals surface area contributed by atoms with Gasteiger partial charge in [-0.05, 0) is 29.8 Å². The molecule has 0 bridgehead atoms. The smallest absolute Gasteiger partial charge is 0.275 e. The van der Waals surface area contributed by atoms with Crippen molar-refractivity contribution in [3.8, 4) is 5.75 Å². The van der Waals surface area contributed by atoms with E-state index in [-0.39, 0.29) is 11.8 Å². The van der Waals surface area contributed by atoms with Crippen molar-refractivity contribution in [2.24, 2.45) is 5.10 Å². The second-order valence-corrected chi connectivity index (χ2v) is 5.04. The molecule has 0 aliphatic carbocycles. The maximum absolute atomic E-state index is 12.2. The first-order valence-electron chi connectivity index (χ1n) is 6.47. The number of nitrogens with one attached hydrogen (secondary N) is 1. The highest BCUT2D eigenvalue weighted by molar-refractivity contribution is 6.32. The monoisotopic (exact) mass is 336 g/mol. The summed E-state index contributed by atoms with van der Waals surface area (Å²) in [6.45, 7) is 0. The molecule has 0 unspecified atom stereocenters. The third-order valence-corrected chi connectivity index (χ3v) is 3.45. The number of carbonyl (C=O) groups excluding carboxylic acids is 1. The number of hydrogen-bond acceptors (Lipinski definition) is 3. The lowest BCUT2D eigenvalue weighted by atomic mass is 10.1. The summed E-state index contributed by atoms with van der Waals surface area (Å²) in [6, 6.07) is 14.0. The van der Waals surface area contributed by atoms with Gasteiger partial charge in [0, 0.05) is 5.02 Å². The van der Waals surface area contributed by atoms with E-state index in [1.54, 1.807) is 48.5 Å². The van der Waals surface area contributed by atoms with Crippen LogP contribution < -0.4 is 10.2 Å². The van der Waals surface area contributed by atoms with Crippen LogP contribution >= 0.6 is 23.2 Å². The molecule has 2 aromatic carbocycles. The van der Waals surface area contributed by atoms with Crippen molar-refractivity contribution in [1.29, 1.82) is 0 Å². The summed E-state index contributed by atoms with van der Waals surface area (Å²) in [7, 11) is 1.51. The predicted molar refractivity (Wildman–Crippen MR) is 89.2 cm³/mol. The van der Waals surface area contributed by atoms with Crippen LogP contribution in [-0.2, 0) is 0 Å². The van der Waals surface area contributed by atoms with Gasteiger partial charge in [-0.2, -0.15) is 5.10 Å². The lowest BCUT2D eigenvalue weighted by Crippen LogP contribution is -2.21. The number of para-hydroxylation sites is 1. The van der Waals surface area contributed by atoms with E-state index in [2.05, 4.69) is 10.5 Å². The third kappa shape index (κ3) is 4.00. The standard InChI is InChI=1S/C16H14Cl2N2O2/c1-22-15-5-3-2-4-13(15)16(21)20-19-14(10-17)11-6-8-12(18)9-7-11/h2-9H,10H2,1H3,(H,20,21)/b19-14+. The fourth-order valence-electron chi connectivity index (χ4n) is 1.82. The van der Waals surface area contributed by atoms with Crippen molar-refractivity contribution in [1.82, 2.24) is 5.43 Å². The fraction of sp³-hybridized carbons (Fsp3) is 0.125. The molecule has 0 aliphatic heterocycles. The van der Waals surface area contributed by atoms with Gasteiger partial charge in [-0.1, -0.05) is 35.9 Å². The van der Waals surface area contributed by atoms with E-state index in [0.717, 1.165) is 5.56 Å². The van der Waals surface area contributed by atoms with Crippen LogP contribution in [0.4, 0.5) is 0 Å². The fourth-order valence-corrected chi connectivity index (χ4v) is 2.16. The number of halogens is 2. The first kappa shape index (κ1) is 16.3. The number of hydrazone groups is 1. The number of benzene rings is 2. The zero-order valence-corrected chi connectivity index (χ0v) is 13.4. The van der Waals surface area contributed by atoms with Crippen LogP contribution in [-0.4, -0.2) is 24.6 Å². The van der Waals surface area contributed by atoms with Crippen molar-refractivity contribution in [2.75, 3.05) is 13.0 Å². The Hall–Kier alpha value is -2.04. The predicted octanol–water partition coefficient (Wildman–Crippen LogP) is 3.72. The average molecular weight is 337 g/mol. The Balaban J connectivity index is 2.18. The molecule has 22 heavy (non-hydrogen) atoms. The van der Waals surface area contributed by atoms with Gasteiger partial charge in [-0.15, -0.1) is 11.6 Å². The van der Waals surface area contributed by atoms with Crippen LogP contribution in [0.1, 0.15) is 15.9 Å². The zero-order valence-electron chi connectivity index (χ0n) is 11.8. The number of alkyl halides is 1. The summed E-state index contributed by atoms with van der Waals surface area (Å²) in [5.41, 5.74) is 4.23. The normalized spacial score (nSPS) is 11.1. The van der Waals surface area contributed by atoms with Gasteiger partial charge in [-0.25, -0.2) is 5.43 Å². The van der Waals surface area contributed by atoms with E-state index >= 15 is 0 Å². The quantitative estimate of drug-likeness (QED) is 0.514. The van der Waals surface area contributed by atoms with Crippen molar-refractivity contribution in [2.45, 2.75) is 0 Å². The van der Waals surface area contributed by atoms with Gasteiger partial charge in [0.1, 0.15) is 5.75 Å². The molecule has 0 aliphatic rings. The SMILES string of the molecule is COc1ccccc1C(=O)N/N=C(\CCl)c1ccc(Cl)cc1. The van der Waals surface area contributed by atoms with Crippen molar-refractivity contribution >= 4 is 34.8 Å².